The minimum Gasteiger partial charge on any atom is -0.494 e. The van der Waals surface area contributed by atoms with E-state index in [0.717, 1.165) is 6.26 Å². The molecule has 1 aromatic carbocycles. The molecule has 4 aromatic rings. The average molecular weight is 564 g/mol. The zero-order chi connectivity index (χ0) is 28.4. The number of H-pyrrole nitrogens is 1. The van der Waals surface area contributed by atoms with Crippen molar-refractivity contribution in [3.63, 3.8) is 0 Å². The summed E-state index contributed by atoms with van der Waals surface area (Å²) in [6.45, 7) is 1.06. The van der Waals surface area contributed by atoms with Crippen LogP contribution in [-0.4, -0.2) is 95.3 Å². The molecule has 2 amide bonds. The van der Waals surface area contributed by atoms with Crippen LogP contribution in [0.3, 0.4) is 0 Å². The fraction of sp³-hybridized carbons (Fsp3) is 0.231. The number of rotatable bonds is 7. The molecule has 1 fully saturated rings. The lowest BCUT2D eigenvalue weighted by Gasteiger charge is -2.34. The van der Waals surface area contributed by atoms with Gasteiger partial charge in [0.2, 0.25) is 10.0 Å². The lowest BCUT2D eigenvalue weighted by Crippen LogP contribution is -2.52. The minimum absolute atomic E-state index is 0.0366. The number of amides is 2. The van der Waals surface area contributed by atoms with E-state index in [0.29, 0.717) is 40.9 Å². The van der Waals surface area contributed by atoms with E-state index in [4.69, 9.17) is 4.74 Å². The zero-order valence-corrected chi connectivity index (χ0v) is 22.4. The standard InChI is InChI=1S/C26H25N7O6S/c1-39-19-14-30-22(18-13-28-20(15-27-18)31-40(2,37)38)23-21(19)17(12-29-23)24(34)26(36)33-10-8-32(9-11-33)25(35)16-6-4-3-5-7-16/h3-7,12-15,29H,8-11H2,1-2H3,(H,28,31). The van der Waals surface area contributed by atoms with Crippen LogP contribution >= 0.6 is 0 Å². The Bertz CT molecular complexity index is 1700. The quantitative estimate of drug-likeness (QED) is 0.250. The highest BCUT2D eigenvalue weighted by atomic mass is 32.2. The van der Waals surface area contributed by atoms with Crippen LogP contribution in [0.15, 0.2) is 55.1 Å². The zero-order valence-electron chi connectivity index (χ0n) is 21.6. The molecule has 2 N–H and O–H groups in total. The molecule has 1 aliphatic heterocycles. The molecule has 0 aliphatic carbocycles. The number of ether oxygens (including phenoxy) is 1. The largest absolute Gasteiger partial charge is 0.494 e. The number of Topliss-reactive ketones (excluding diaryl/α,β-unsaturated/α-hetero) is 1. The number of sulfonamides is 1. The Hall–Kier alpha value is -4.85. The highest BCUT2D eigenvalue weighted by Gasteiger charge is 2.31. The van der Waals surface area contributed by atoms with E-state index >= 15 is 0 Å². The molecule has 0 atom stereocenters. The summed E-state index contributed by atoms with van der Waals surface area (Å²) in [6, 6.07) is 8.90. The Kier molecular flexibility index (Phi) is 7.17. The van der Waals surface area contributed by atoms with Crippen LogP contribution < -0.4 is 9.46 Å². The lowest BCUT2D eigenvalue weighted by molar-refractivity contribution is -0.127. The van der Waals surface area contributed by atoms with Gasteiger partial charge >= 0.3 is 0 Å². The maximum Gasteiger partial charge on any atom is 0.295 e. The van der Waals surface area contributed by atoms with Gasteiger partial charge in [-0.05, 0) is 12.1 Å². The van der Waals surface area contributed by atoms with E-state index in [1.54, 1.807) is 29.2 Å². The second kappa shape index (κ2) is 10.7. The first kappa shape index (κ1) is 26.7. The Morgan fingerprint density at radius 2 is 1.65 bits per heavy atom. The maximum absolute atomic E-state index is 13.4. The van der Waals surface area contributed by atoms with Crippen LogP contribution in [0, 0.1) is 0 Å². The molecular formula is C26H25N7O6S. The third-order valence-electron chi connectivity index (χ3n) is 6.39. The number of methoxy groups -OCH3 is 1. The number of ketones is 1. The molecule has 206 valence electrons. The van der Waals surface area contributed by atoms with E-state index in [1.807, 2.05) is 6.07 Å². The number of hydrogen-bond donors (Lipinski definition) is 2. The second-order valence-corrected chi connectivity index (χ2v) is 10.8. The van der Waals surface area contributed by atoms with Gasteiger partial charge in [0.1, 0.15) is 17.1 Å². The van der Waals surface area contributed by atoms with Gasteiger partial charge in [-0.3, -0.25) is 19.1 Å². The molecule has 5 rings (SSSR count). The van der Waals surface area contributed by atoms with Crippen molar-refractivity contribution in [2.24, 2.45) is 0 Å². The summed E-state index contributed by atoms with van der Waals surface area (Å²) in [7, 11) is -2.10. The second-order valence-electron chi connectivity index (χ2n) is 9.07. The van der Waals surface area contributed by atoms with Gasteiger partial charge in [-0.2, -0.15) is 0 Å². The molecule has 40 heavy (non-hydrogen) atoms. The van der Waals surface area contributed by atoms with Crippen LogP contribution in [0.5, 0.6) is 5.75 Å². The number of hydrogen-bond acceptors (Lipinski definition) is 9. The molecule has 0 bridgehead atoms. The van der Waals surface area contributed by atoms with Gasteiger partial charge in [0, 0.05) is 37.9 Å². The summed E-state index contributed by atoms with van der Waals surface area (Å²) < 4.78 is 30.6. The number of nitrogens with one attached hydrogen (secondary N) is 2. The summed E-state index contributed by atoms with van der Waals surface area (Å²) >= 11 is 0. The average Bonchev–Trinajstić information content (AvgIpc) is 3.41. The Labute approximate surface area is 229 Å². The molecule has 1 aliphatic rings. The minimum atomic E-state index is -3.53. The molecule has 1 saturated heterocycles. The maximum atomic E-state index is 13.4. The van der Waals surface area contributed by atoms with E-state index in [-0.39, 0.29) is 36.1 Å². The molecule has 14 heteroatoms. The van der Waals surface area contributed by atoms with E-state index in [2.05, 4.69) is 24.7 Å². The predicted octanol–water partition coefficient (Wildman–Crippen LogP) is 1.57. The van der Waals surface area contributed by atoms with Gasteiger partial charge in [-0.25, -0.2) is 23.4 Å². The van der Waals surface area contributed by atoms with Crippen molar-refractivity contribution in [3.05, 3.63) is 66.2 Å². The van der Waals surface area contributed by atoms with Crippen molar-refractivity contribution < 1.29 is 27.5 Å². The summed E-state index contributed by atoms with van der Waals surface area (Å²) in [5.74, 6) is -1.23. The number of pyridine rings is 1. The molecule has 0 unspecified atom stereocenters. The molecular weight excluding hydrogens is 538 g/mol. The molecule has 0 saturated carbocycles. The molecule has 0 spiro atoms. The summed E-state index contributed by atoms with van der Waals surface area (Å²) in [5.41, 5.74) is 1.70. The Morgan fingerprint density at radius 3 is 2.27 bits per heavy atom. The van der Waals surface area contributed by atoms with Gasteiger partial charge in [0.05, 0.1) is 48.4 Å². The van der Waals surface area contributed by atoms with Crippen molar-refractivity contribution in [3.8, 4) is 17.1 Å². The summed E-state index contributed by atoms with van der Waals surface area (Å²) in [6.07, 6.45) is 6.41. The van der Waals surface area contributed by atoms with Crippen molar-refractivity contribution in [1.29, 1.82) is 0 Å². The summed E-state index contributed by atoms with van der Waals surface area (Å²) in [4.78, 5) is 58.1. The lowest BCUT2D eigenvalue weighted by atomic mass is 10.1. The fourth-order valence-electron chi connectivity index (χ4n) is 4.47. The van der Waals surface area contributed by atoms with E-state index in [9.17, 15) is 22.8 Å². The highest BCUT2D eigenvalue weighted by molar-refractivity contribution is 7.92. The number of fused-ring (bicyclic) bond motifs is 1. The Morgan fingerprint density at radius 1 is 0.950 bits per heavy atom. The number of carbonyl (C=O) groups excluding carboxylic acids is 3. The van der Waals surface area contributed by atoms with Gasteiger partial charge in [0.25, 0.3) is 17.6 Å². The van der Waals surface area contributed by atoms with E-state index < -0.39 is 21.7 Å². The molecule has 0 radical (unpaired) electrons. The van der Waals surface area contributed by atoms with Crippen molar-refractivity contribution in [1.82, 2.24) is 29.7 Å². The topological polar surface area (TPSA) is 168 Å². The van der Waals surface area contributed by atoms with Crippen LogP contribution in [0.4, 0.5) is 5.82 Å². The van der Waals surface area contributed by atoms with E-state index in [1.165, 1.54) is 36.8 Å². The first-order chi connectivity index (χ1) is 19.2. The number of aromatic amines is 1. The van der Waals surface area contributed by atoms with Gasteiger partial charge in [0.15, 0.2) is 5.82 Å². The first-order valence-corrected chi connectivity index (χ1v) is 14.1. The molecule has 4 heterocycles. The van der Waals surface area contributed by atoms with Gasteiger partial charge < -0.3 is 19.5 Å². The summed E-state index contributed by atoms with van der Waals surface area (Å²) in [5, 5.41) is 0.351. The highest BCUT2D eigenvalue weighted by Crippen LogP contribution is 2.34. The van der Waals surface area contributed by atoms with Crippen molar-refractivity contribution >= 4 is 44.3 Å². The normalized spacial score (nSPS) is 13.8. The van der Waals surface area contributed by atoms with Crippen LogP contribution in [0.25, 0.3) is 22.3 Å². The van der Waals surface area contributed by atoms with Crippen LogP contribution in [0.2, 0.25) is 0 Å². The van der Waals surface area contributed by atoms with Crippen LogP contribution in [0.1, 0.15) is 20.7 Å². The third kappa shape index (κ3) is 5.33. The van der Waals surface area contributed by atoms with Crippen molar-refractivity contribution in [2.75, 3.05) is 44.3 Å². The fourth-order valence-corrected chi connectivity index (χ4v) is 4.96. The van der Waals surface area contributed by atoms with Crippen LogP contribution in [-0.2, 0) is 14.8 Å². The molecule has 3 aromatic heterocycles. The molecule has 13 nitrogen and oxygen atoms in total. The predicted molar refractivity (Wildman–Crippen MR) is 145 cm³/mol. The van der Waals surface area contributed by atoms with Crippen molar-refractivity contribution in [2.45, 2.75) is 0 Å². The monoisotopic (exact) mass is 563 g/mol. The number of piperazine rings is 1. The first-order valence-electron chi connectivity index (χ1n) is 12.2. The van der Waals surface area contributed by atoms with Gasteiger partial charge in [-0.1, -0.05) is 18.2 Å². The Balaban J connectivity index is 1.37. The third-order valence-corrected chi connectivity index (χ3v) is 6.97. The number of carbonyl (C=O) groups is 3. The smallest absolute Gasteiger partial charge is 0.295 e. The number of anilines is 1. The van der Waals surface area contributed by atoms with Gasteiger partial charge in [-0.15, -0.1) is 0 Å². The SMILES string of the molecule is COc1cnc(-c2cnc(NS(C)(=O)=O)cn2)c2[nH]cc(C(=O)C(=O)N3CCN(C(=O)c4ccccc4)CC3)c12. The number of benzene rings is 1. The number of aromatic nitrogens is 4. The number of nitrogens with zero attached hydrogens (tertiary/aromatic N) is 5.